The summed E-state index contributed by atoms with van der Waals surface area (Å²) in [6, 6.07) is 8.07. The molecule has 27 heavy (non-hydrogen) atoms. The number of para-hydroxylation sites is 1. The molecule has 1 aromatic carbocycles. The molecule has 3 atom stereocenters. The topological polar surface area (TPSA) is 51.2 Å². The molecular formula is C22H35NO4. The lowest BCUT2D eigenvalue weighted by molar-refractivity contribution is -0.231. The number of hydrogen-bond acceptors (Lipinski definition) is 5. The summed E-state index contributed by atoms with van der Waals surface area (Å²) in [6.07, 6.45) is 2.33. The van der Waals surface area contributed by atoms with Crippen LogP contribution in [0.5, 0.6) is 5.75 Å². The smallest absolute Gasteiger partial charge is 0.174 e. The molecule has 3 unspecified atom stereocenters. The van der Waals surface area contributed by atoms with Gasteiger partial charge in [0.1, 0.15) is 5.75 Å². The van der Waals surface area contributed by atoms with Gasteiger partial charge in [-0.25, -0.2) is 0 Å². The summed E-state index contributed by atoms with van der Waals surface area (Å²) in [5.41, 5.74) is 0.840. The van der Waals surface area contributed by atoms with Gasteiger partial charge in [-0.15, -0.1) is 0 Å². The van der Waals surface area contributed by atoms with Crippen molar-refractivity contribution in [3.63, 3.8) is 0 Å². The summed E-state index contributed by atoms with van der Waals surface area (Å²) in [7, 11) is 0. The Labute approximate surface area is 163 Å². The third-order valence-electron chi connectivity index (χ3n) is 6.17. The van der Waals surface area contributed by atoms with E-state index < -0.39 is 5.79 Å². The van der Waals surface area contributed by atoms with E-state index in [4.69, 9.17) is 14.2 Å². The number of aliphatic hydroxyl groups is 1. The van der Waals surface area contributed by atoms with Crippen LogP contribution < -0.4 is 4.74 Å². The number of piperidine rings is 1. The van der Waals surface area contributed by atoms with E-state index in [2.05, 4.69) is 31.7 Å². The van der Waals surface area contributed by atoms with E-state index in [9.17, 15) is 5.11 Å². The first-order valence-corrected chi connectivity index (χ1v) is 10.2. The number of hydrogen-bond donors (Lipinski definition) is 1. The molecule has 2 saturated heterocycles. The fourth-order valence-corrected chi connectivity index (χ4v) is 3.94. The van der Waals surface area contributed by atoms with E-state index in [0.29, 0.717) is 19.1 Å². The maximum atomic E-state index is 9.44. The van der Waals surface area contributed by atoms with Gasteiger partial charge in [0.15, 0.2) is 5.79 Å². The highest BCUT2D eigenvalue weighted by Crippen LogP contribution is 2.41. The number of aliphatic hydroxyl groups excluding tert-OH is 1. The van der Waals surface area contributed by atoms with Crippen LogP contribution in [0.25, 0.3) is 0 Å². The van der Waals surface area contributed by atoms with Gasteiger partial charge in [-0.1, -0.05) is 32.0 Å². The predicted molar refractivity (Wildman–Crippen MR) is 106 cm³/mol. The zero-order valence-corrected chi connectivity index (χ0v) is 17.2. The summed E-state index contributed by atoms with van der Waals surface area (Å²) in [5.74, 6) is 0.630. The van der Waals surface area contributed by atoms with Gasteiger partial charge in [-0.2, -0.15) is 0 Å². The largest absolute Gasteiger partial charge is 0.493 e. The first-order valence-electron chi connectivity index (χ1n) is 10.2. The van der Waals surface area contributed by atoms with E-state index in [1.54, 1.807) is 0 Å². The summed E-state index contributed by atoms with van der Waals surface area (Å²) >= 11 is 0. The van der Waals surface area contributed by atoms with Crippen LogP contribution in [0, 0.1) is 18.3 Å². The standard InChI is InChI=1S/C22H35NO4/c1-17-8-5-6-10-20(17)25-16-21(2,3)22(4)26-15-19(27-22)13-23-11-7-9-18(12-23)14-24/h5-6,8,10,18-19,24H,7,9,11-16H2,1-4H3. The number of aryl methyl sites for hydroxylation is 1. The van der Waals surface area contributed by atoms with E-state index in [-0.39, 0.29) is 18.1 Å². The molecule has 0 aliphatic carbocycles. The molecule has 0 spiro atoms. The molecule has 2 aliphatic heterocycles. The third-order valence-corrected chi connectivity index (χ3v) is 6.17. The third kappa shape index (κ3) is 4.83. The molecule has 0 bridgehead atoms. The summed E-state index contributed by atoms with van der Waals surface area (Å²) in [4.78, 5) is 2.40. The lowest BCUT2D eigenvalue weighted by atomic mass is 9.85. The minimum Gasteiger partial charge on any atom is -0.493 e. The molecule has 2 heterocycles. The van der Waals surface area contributed by atoms with Crippen LogP contribution >= 0.6 is 0 Å². The van der Waals surface area contributed by atoms with Gasteiger partial charge in [0.25, 0.3) is 0 Å². The molecule has 5 nitrogen and oxygen atoms in total. The molecular weight excluding hydrogens is 342 g/mol. The van der Waals surface area contributed by atoms with Crippen molar-refractivity contribution < 1.29 is 19.3 Å². The molecule has 0 saturated carbocycles. The number of nitrogens with zero attached hydrogens (tertiary/aromatic N) is 1. The number of rotatable bonds is 7. The van der Waals surface area contributed by atoms with Crippen LogP contribution in [-0.2, 0) is 9.47 Å². The second-order valence-corrected chi connectivity index (χ2v) is 8.89. The van der Waals surface area contributed by atoms with Gasteiger partial charge in [0, 0.05) is 19.7 Å². The lowest BCUT2D eigenvalue weighted by Gasteiger charge is -2.40. The SMILES string of the molecule is Cc1ccccc1OCC(C)(C)C1(C)OCC(CN2CCCC(CO)C2)O1. The highest BCUT2D eigenvalue weighted by molar-refractivity contribution is 5.31. The molecule has 0 aromatic heterocycles. The van der Waals surface area contributed by atoms with Gasteiger partial charge in [-0.05, 0) is 50.8 Å². The molecule has 5 heteroatoms. The molecule has 0 radical (unpaired) electrons. The minimum atomic E-state index is -0.674. The summed E-state index contributed by atoms with van der Waals surface area (Å²) < 4.78 is 18.6. The monoisotopic (exact) mass is 377 g/mol. The Bertz CT molecular complexity index is 620. The number of likely N-dealkylation sites (tertiary alicyclic amines) is 1. The molecule has 2 fully saturated rings. The number of ether oxygens (including phenoxy) is 3. The van der Waals surface area contributed by atoms with Crippen LogP contribution in [0.1, 0.15) is 39.2 Å². The van der Waals surface area contributed by atoms with Crippen molar-refractivity contribution in [3.05, 3.63) is 29.8 Å². The predicted octanol–water partition coefficient (Wildman–Crippen LogP) is 3.24. The Morgan fingerprint density at radius 2 is 2.11 bits per heavy atom. The van der Waals surface area contributed by atoms with Crippen LogP contribution in [-0.4, -0.2) is 61.4 Å². The van der Waals surface area contributed by atoms with Crippen LogP contribution in [0.4, 0.5) is 0 Å². The fraction of sp³-hybridized carbons (Fsp3) is 0.727. The fourth-order valence-electron chi connectivity index (χ4n) is 3.94. The number of benzene rings is 1. The van der Waals surface area contributed by atoms with Crippen molar-refractivity contribution in [3.8, 4) is 5.75 Å². The zero-order chi connectivity index (χ0) is 19.5. The Kier molecular flexibility index (Phi) is 6.46. The van der Waals surface area contributed by atoms with E-state index in [1.807, 2.05) is 25.1 Å². The van der Waals surface area contributed by atoms with Crippen LogP contribution in [0.15, 0.2) is 24.3 Å². The van der Waals surface area contributed by atoms with Crippen molar-refractivity contribution in [2.45, 2.75) is 52.4 Å². The highest BCUT2D eigenvalue weighted by atomic mass is 16.7. The van der Waals surface area contributed by atoms with E-state index >= 15 is 0 Å². The quantitative estimate of drug-likeness (QED) is 0.791. The van der Waals surface area contributed by atoms with Crippen molar-refractivity contribution >= 4 is 0 Å². The Balaban J connectivity index is 1.55. The molecule has 0 amide bonds. The Hall–Kier alpha value is -1.14. The first kappa shape index (κ1) is 20.6. The molecule has 1 N–H and O–H groups in total. The maximum Gasteiger partial charge on any atom is 0.174 e. The van der Waals surface area contributed by atoms with Crippen LogP contribution in [0.3, 0.4) is 0 Å². The first-order chi connectivity index (χ1) is 12.8. The van der Waals surface area contributed by atoms with Gasteiger partial charge >= 0.3 is 0 Å². The highest BCUT2D eigenvalue weighted by Gasteiger charge is 2.50. The van der Waals surface area contributed by atoms with Gasteiger partial charge in [0.05, 0.1) is 24.7 Å². The van der Waals surface area contributed by atoms with Gasteiger partial charge < -0.3 is 24.2 Å². The molecule has 3 rings (SSSR count). The van der Waals surface area contributed by atoms with Crippen LogP contribution in [0.2, 0.25) is 0 Å². The summed E-state index contributed by atoms with van der Waals surface area (Å²) in [6.45, 7) is 12.6. The van der Waals surface area contributed by atoms with Crippen molar-refractivity contribution in [1.82, 2.24) is 4.90 Å². The molecule has 2 aliphatic rings. The average molecular weight is 378 g/mol. The summed E-state index contributed by atoms with van der Waals surface area (Å²) in [5, 5.41) is 9.44. The normalized spacial score (nSPS) is 29.8. The van der Waals surface area contributed by atoms with Crippen molar-refractivity contribution in [2.75, 3.05) is 39.5 Å². The molecule has 1 aromatic rings. The molecule has 152 valence electrons. The van der Waals surface area contributed by atoms with E-state index in [0.717, 1.165) is 43.8 Å². The van der Waals surface area contributed by atoms with Gasteiger partial charge in [-0.3, -0.25) is 0 Å². The second-order valence-electron chi connectivity index (χ2n) is 8.89. The van der Waals surface area contributed by atoms with Crippen molar-refractivity contribution in [2.24, 2.45) is 11.3 Å². The second kappa shape index (κ2) is 8.48. The zero-order valence-electron chi connectivity index (χ0n) is 17.2. The van der Waals surface area contributed by atoms with Gasteiger partial charge in [0.2, 0.25) is 0 Å². The minimum absolute atomic E-state index is 0.0604. The lowest BCUT2D eigenvalue weighted by Crippen LogP contribution is -2.48. The van der Waals surface area contributed by atoms with E-state index in [1.165, 1.54) is 0 Å². The maximum absolute atomic E-state index is 9.44. The van der Waals surface area contributed by atoms with Crippen molar-refractivity contribution in [1.29, 1.82) is 0 Å². The Morgan fingerprint density at radius 3 is 2.85 bits per heavy atom. The Morgan fingerprint density at radius 1 is 1.33 bits per heavy atom. The average Bonchev–Trinajstić information content (AvgIpc) is 3.04.